The third-order valence-corrected chi connectivity index (χ3v) is 9.83. The fourth-order valence-electron chi connectivity index (χ4n) is 5.61. The minimum atomic E-state index is -1.28. The van der Waals surface area contributed by atoms with Gasteiger partial charge in [0.05, 0.1) is 17.4 Å². The second kappa shape index (κ2) is 14.5. The van der Waals surface area contributed by atoms with E-state index in [1.54, 1.807) is 17.2 Å². The van der Waals surface area contributed by atoms with Crippen LogP contribution in [0.1, 0.15) is 37.5 Å². The number of fused-ring (bicyclic) bond motifs is 2. The van der Waals surface area contributed by atoms with E-state index in [-0.39, 0.29) is 37.1 Å². The first-order valence-electron chi connectivity index (χ1n) is 16.8. The van der Waals surface area contributed by atoms with Crippen LogP contribution in [0.2, 0.25) is 25.7 Å². The summed E-state index contributed by atoms with van der Waals surface area (Å²) in [7, 11) is -1.28. The first kappa shape index (κ1) is 34.8. The molecule has 0 bridgehead atoms. The van der Waals surface area contributed by atoms with Crippen LogP contribution in [0.3, 0.4) is 0 Å². The molecule has 0 aliphatic carbocycles. The maximum absolute atomic E-state index is 12.8. The Kier molecular flexibility index (Phi) is 10.1. The number of aromatic nitrogens is 4. The Morgan fingerprint density at radius 2 is 1.82 bits per heavy atom. The summed E-state index contributed by atoms with van der Waals surface area (Å²) in [4.78, 5) is 31.9. The van der Waals surface area contributed by atoms with Crippen LogP contribution < -0.4 is 10.1 Å². The molecule has 4 heterocycles. The second-order valence-corrected chi connectivity index (χ2v) is 20.3. The fourth-order valence-corrected chi connectivity index (χ4v) is 6.36. The highest BCUT2D eigenvalue weighted by molar-refractivity contribution is 6.76. The van der Waals surface area contributed by atoms with Gasteiger partial charge in [0.2, 0.25) is 5.91 Å². The molecule has 2 aromatic carbocycles. The normalized spacial score (nSPS) is 13.3. The predicted octanol–water partition coefficient (Wildman–Crippen LogP) is 7.67. The molecule has 50 heavy (non-hydrogen) atoms. The maximum Gasteiger partial charge on any atom is 0.410 e. The van der Waals surface area contributed by atoms with Crippen LogP contribution in [0.25, 0.3) is 22.5 Å². The van der Waals surface area contributed by atoms with Crippen LogP contribution in [-0.4, -0.2) is 63.5 Å². The van der Waals surface area contributed by atoms with Gasteiger partial charge >= 0.3 is 12.1 Å². The van der Waals surface area contributed by atoms with Gasteiger partial charge in [0, 0.05) is 40.2 Å². The number of nitrogens with zero attached hydrogens (tertiary/aromatic N) is 5. The first-order valence-corrected chi connectivity index (χ1v) is 20.5. The molecule has 0 saturated carbocycles. The van der Waals surface area contributed by atoms with Gasteiger partial charge in [-0.2, -0.15) is 0 Å². The molecule has 1 N–H and O–H groups in total. The molecular weight excluding hydrogens is 653 g/mol. The van der Waals surface area contributed by atoms with Crippen molar-refractivity contribution in [2.45, 2.75) is 78.2 Å². The van der Waals surface area contributed by atoms with Gasteiger partial charge in [-0.1, -0.05) is 61.1 Å². The van der Waals surface area contributed by atoms with Gasteiger partial charge < -0.3 is 28.1 Å². The van der Waals surface area contributed by atoms with Crippen molar-refractivity contribution >= 4 is 37.1 Å². The number of hydrogen-bond donors (Lipinski definition) is 1. The molecule has 6 rings (SSSR count). The second-order valence-electron chi connectivity index (χ2n) is 14.7. The van der Waals surface area contributed by atoms with Gasteiger partial charge in [0.15, 0.2) is 0 Å². The van der Waals surface area contributed by atoms with E-state index in [1.807, 2.05) is 80.1 Å². The lowest BCUT2D eigenvalue weighted by Crippen LogP contribution is -2.39. The average Bonchev–Trinajstić information content (AvgIpc) is 3.67. The van der Waals surface area contributed by atoms with Crippen molar-refractivity contribution < 1.29 is 28.2 Å². The van der Waals surface area contributed by atoms with Crippen molar-refractivity contribution in [1.82, 2.24) is 24.6 Å². The SMILES string of the molecule is CC(C)(C)OC(=O)N1CCc2ccc(Oc3ccnc4c3c(-c3nnc(NC(=O)Cc5ccccc5)o3)cn4COCC[Si](C)(C)C)cc2C1. The van der Waals surface area contributed by atoms with Crippen molar-refractivity contribution in [3.8, 4) is 23.0 Å². The summed E-state index contributed by atoms with van der Waals surface area (Å²) in [5.41, 5.74) is 3.65. The predicted molar refractivity (Wildman–Crippen MR) is 193 cm³/mol. The number of benzene rings is 2. The molecule has 12 nitrogen and oxygen atoms in total. The number of carbonyl (C=O) groups is 2. The average molecular weight is 697 g/mol. The number of rotatable bonds is 11. The van der Waals surface area contributed by atoms with Crippen molar-refractivity contribution in [2.24, 2.45) is 0 Å². The molecule has 5 aromatic rings. The Balaban J connectivity index is 1.28. The monoisotopic (exact) mass is 696 g/mol. The molecule has 0 fully saturated rings. The smallest absolute Gasteiger partial charge is 0.410 e. The summed E-state index contributed by atoms with van der Waals surface area (Å²) >= 11 is 0. The van der Waals surface area contributed by atoms with Crippen molar-refractivity contribution in [3.63, 3.8) is 0 Å². The molecule has 0 unspecified atom stereocenters. The number of nitrogens with one attached hydrogen (secondary N) is 1. The van der Waals surface area contributed by atoms with E-state index in [0.717, 1.165) is 29.2 Å². The number of ether oxygens (including phenoxy) is 3. The maximum atomic E-state index is 12.8. The number of carbonyl (C=O) groups excluding carboxylic acids is 2. The fraction of sp³-hybridized carbons (Fsp3) is 0.378. The Bertz CT molecular complexity index is 1980. The molecule has 13 heteroatoms. The van der Waals surface area contributed by atoms with Gasteiger partial charge in [-0.25, -0.2) is 9.78 Å². The Labute approximate surface area is 292 Å². The standard InChI is InChI=1S/C37H44N6O6Si/c1-37(2,3)49-36(45)42-17-15-26-12-13-28(21-27(26)22-42)47-30-14-16-38-33-32(30)29(23-43(33)24-46-18-19-50(4,5)6)34-40-41-35(48-34)39-31(44)20-25-10-8-7-9-11-25/h7-14,16,21,23H,15,17-20,22,24H2,1-6H3,(H,39,41,44). The third-order valence-electron chi connectivity index (χ3n) is 8.12. The molecule has 0 atom stereocenters. The molecule has 1 aliphatic heterocycles. The molecular formula is C37H44N6O6Si. The van der Waals surface area contributed by atoms with Crippen LogP contribution >= 0.6 is 0 Å². The van der Waals surface area contributed by atoms with Crippen LogP contribution in [0.5, 0.6) is 11.5 Å². The highest BCUT2D eigenvalue weighted by Gasteiger charge is 2.27. The Morgan fingerprint density at radius 1 is 1.02 bits per heavy atom. The third kappa shape index (κ3) is 8.76. The largest absolute Gasteiger partial charge is 0.457 e. The van der Waals surface area contributed by atoms with E-state index in [4.69, 9.17) is 18.6 Å². The molecule has 3 aromatic heterocycles. The lowest BCUT2D eigenvalue weighted by molar-refractivity contribution is -0.115. The topological polar surface area (TPSA) is 134 Å². The summed E-state index contributed by atoms with van der Waals surface area (Å²) in [6.45, 7) is 14.4. The zero-order valence-electron chi connectivity index (χ0n) is 29.5. The van der Waals surface area contributed by atoms with Crippen molar-refractivity contribution in [1.29, 1.82) is 0 Å². The summed E-state index contributed by atoms with van der Waals surface area (Å²) < 4.78 is 26.1. The zero-order valence-corrected chi connectivity index (χ0v) is 30.5. The van der Waals surface area contributed by atoms with E-state index in [2.05, 4.69) is 40.1 Å². The molecule has 0 radical (unpaired) electrons. The van der Waals surface area contributed by atoms with Gasteiger partial charge in [0.25, 0.3) is 5.89 Å². The van der Waals surface area contributed by atoms with Gasteiger partial charge in [-0.3, -0.25) is 10.1 Å². The van der Waals surface area contributed by atoms with Crippen molar-refractivity contribution in [3.05, 3.63) is 83.7 Å². The molecule has 262 valence electrons. The zero-order chi connectivity index (χ0) is 35.5. The minimum absolute atomic E-state index is 0.0104. The van der Waals surface area contributed by atoms with E-state index in [9.17, 15) is 9.59 Å². The summed E-state index contributed by atoms with van der Waals surface area (Å²) in [5.74, 6) is 1.06. The van der Waals surface area contributed by atoms with Crippen molar-refractivity contribution in [2.75, 3.05) is 18.5 Å². The summed E-state index contributed by atoms with van der Waals surface area (Å²) in [6.07, 6.45) is 4.10. The molecule has 1 aliphatic rings. The Hall–Kier alpha value is -5.01. The number of pyridine rings is 1. The quantitative estimate of drug-likeness (QED) is 0.109. The molecule has 0 saturated heterocycles. The summed E-state index contributed by atoms with van der Waals surface area (Å²) in [5, 5.41) is 11.8. The molecule has 2 amide bonds. The lowest BCUT2D eigenvalue weighted by Gasteiger charge is -2.31. The number of amides is 2. The summed E-state index contributed by atoms with van der Waals surface area (Å²) in [6, 6.07) is 18.2. The minimum Gasteiger partial charge on any atom is -0.457 e. The van der Waals surface area contributed by atoms with Crippen LogP contribution in [0.4, 0.5) is 10.8 Å². The van der Waals surface area contributed by atoms with Crippen LogP contribution in [0, 0.1) is 0 Å². The van der Waals surface area contributed by atoms with E-state index < -0.39 is 13.7 Å². The number of hydrogen-bond acceptors (Lipinski definition) is 9. The van der Waals surface area contributed by atoms with Gasteiger partial charge in [-0.05, 0) is 68.1 Å². The highest BCUT2D eigenvalue weighted by Crippen LogP contribution is 2.39. The van der Waals surface area contributed by atoms with Crippen LogP contribution in [-0.2, 0) is 40.4 Å². The molecule has 0 spiro atoms. The first-order chi connectivity index (χ1) is 23.8. The Morgan fingerprint density at radius 3 is 2.58 bits per heavy atom. The number of anilines is 1. The van der Waals surface area contributed by atoms with E-state index in [0.29, 0.717) is 47.8 Å². The van der Waals surface area contributed by atoms with E-state index >= 15 is 0 Å². The van der Waals surface area contributed by atoms with Crippen LogP contribution in [0.15, 0.2) is 71.4 Å². The van der Waals surface area contributed by atoms with Gasteiger partial charge in [-0.15, -0.1) is 5.10 Å². The lowest BCUT2D eigenvalue weighted by atomic mass is 10.00. The van der Waals surface area contributed by atoms with Gasteiger partial charge in [0.1, 0.15) is 29.5 Å². The highest BCUT2D eigenvalue weighted by atomic mass is 28.3. The van der Waals surface area contributed by atoms with E-state index in [1.165, 1.54) is 0 Å².